The molecule has 2 heterocycles. The fourth-order valence-corrected chi connectivity index (χ4v) is 3.41. The number of amides is 1. The largest absolute Gasteiger partial charge is 0.336 e. The molecule has 1 amide bonds. The van der Waals surface area contributed by atoms with Gasteiger partial charge in [-0.2, -0.15) is 0 Å². The van der Waals surface area contributed by atoms with Crippen molar-refractivity contribution in [1.82, 2.24) is 14.8 Å². The summed E-state index contributed by atoms with van der Waals surface area (Å²) in [5.74, 6) is -0.232. The van der Waals surface area contributed by atoms with E-state index in [1.165, 1.54) is 12.3 Å². The summed E-state index contributed by atoms with van der Waals surface area (Å²) in [6.45, 7) is 4.73. The Kier molecular flexibility index (Phi) is 5.94. The molecule has 0 spiro atoms. The summed E-state index contributed by atoms with van der Waals surface area (Å²) in [5.41, 5.74) is 1.52. The van der Waals surface area contributed by atoms with Gasteiger partial charge in [0.2, 0.25) is 0 Å². The van der Waals surface area contributed by atoms with E-state index in [9.17, 15) is 14.9 Å². The van der Waals surface area contributed by atoms with Crippen molar-refractivity contribution < 1.29 is 9.72 Å². The number of piperazine rings is 1. The highest BCUT2D eigenvalue weighted by Crippen LogP contribution is 2.27. The van der Waals surface area contributed by atoms with Crippen LogP contribution in [0.25, 0.3) is 0 Å². The number of nitrogens with zero attached hydrogens (tertiary/aromatic N) is 4. The van der Waals surface area contributed by atoms with Crippen molar-refractivity contribution in [1.29, 1.82) is 0 Å². The van der Waals surface area contributed by atoms with Crippen LogP contribution < -0.4 is 0 Å². The fraction of sp³-hybridized carbons (Fsp3) is 0.333. The number of hydrogen-bond acceptors (Lipinski definition) is 5. The maximum atomic E-state index is 12.8. The van der Waals surface area contributed by atoms with Crippen LogP contribution in [0.3, 0.4) is 0 Å². The lowest BCUT2D eigenvalue weighted by atomic mass is 10.1. The Morgan fingerprint density at radius 3 is 2.63 bits per heavy atom. The molecule has 0 aliphatic carbocycles. The Hall–Kier alpha value is -2.22. The van der Waals surface area contributed by atoms with Gasteiger partial charge in [-0.25, -0.2) is 0 Å². The minimum atomic E-state index is -0.546. The minimum absolute atomic E-state index is 0.182. The van der Waals surface area contributed by atoms with Gasteiger partial charge in [0.1, 0.15) is 6.20 Å². The predicted molar refractivity (Wildman–Crippen MR) is 103 cm³/mol. The van der Waals surface area contributed by atoms with Crippen LogP contribution in [-0.2, 0) is 6.54 Å². The third-order valence-electron chi connectivity index (χ3n) is 4.60. The summed E-state index contributed by atoms with van der Waals surface area (Å²) in [7, 11) is 0. The molecular formula is C18H18Cl2N4O3. The molecule has 1 aliphatic heterocycles. The van der Waals surface area contributed by atoms with Crippen molar-refractivity contribution in [2.75, 3.05) is 26.2 Å². The van der Waals surface area contributed by atoms with Crippen LogP contribution in [0.15, 0.2) is 30.5 Å². The van der Waals surface area contributed by atoms with E-state index < -0.39 is 4.92 Å². The number of nitro groups is 1. The van der Waals surface area contributed by atoms with E-state index in [1.807, 2.05) is 12.1 Å². The van der Waals surface area contributed by atoms with E-state index in [1.54, 1.807) is 17.9 Å². The monoisotopic (exact) mass is 408 g/mol. The first-order valence-corrected chi connectivity index (χ1v) is 9.18. The summed E-state index contributed by atoms with van der Waals surface area (Å²) >= 11 is 12.3. The zero-order chi connectivity index (χ0) is 19.6. The van der Waals surface area contributed by atoms with E-state index in [2.05, 4.69) is 9.88 Å². The third kappa shape index (κ3) is 4.37. The third-order valence-corrected chi connectivity index (χ3v) is 5.46. The molecule has 142 valence electrons. The maximum Gasteiger partial charge on any atom is 0.288 e. The minimum Gasteiger partial charge on any atom is -0.336 e. The lowest BCUT2D eigenvalue weighted by Gasteiger charge is -2.35. The SMILES string of the molecule is Cc1ncc([N+](=O)[O-])cc1C(=O)N1CCN(Cc2cccc(Cl)c2Cl)CC1. The van der Waals surface area contributed by atoms with E-state index in [4.69, 9.17) is 23.2 Å². The summed E-state index contributed by atoms with van der Waals surface area (Å²) in [6.07, 6.45) is 1.17. The molecule has 0 bridgehead atoms. The molecule has 7 nitrogen and oxygen atoms in total. The average molecular weight is 409 g/mol. The second-order valence-electron chi connectivity index (χ2n) is 6.36. The number of rotatable bonds is 4. The Balaban J connectivity index is 1.65. The molecular weight excluding hydrogens is 391 g/mol. The Labute approximate surface area is 166 Å². The highest BCUT2D eigenvalue weighted by atomic mass is 35.5. The molecule has 1 fully saturated rings. The zero-order valence-corrected chi connectivity index (χ0v) is 16.2. The van der Waals surface area contributed by atoms with Gasteiger partial charge in [0.05, 0.1) is 26.2 Å². The quantitative estimate of drug-likeness (QED) is 0.570. The van der Waals surface area contributed by atoms with Gasteiger partial charge in [0.25, 0.3) is 11.6 Å². The van der Waals surface area contributed by atoms with Crippen LogP contribution in [-0.4, -0.2) is 51.8 Å². The number of carbonyl (C=O) groups excluding carboxylic acids is 1. The van der Waals surface area contributed by atoms with Crippen molar-refractivity contribution in [2.45, 2.75) is 13.5 Å². The molecule has 1 saturated heterocycles. The number of carbonyl (C=O) groups is 1. The van der Waals surface area contributed by atoms with Gasteiger partial charge in [-0.15, -0.1) is 0 Å². The van der Waals surface area contributed by atoms with E-state index in [-0.39, 0.29) is 17.2 Å². The summed E-state index contributed by atoms with van der Waals surface area (Å²) in [4.78, 5) is 31.0. The molecule has 0 unspecified atom stereocenters. The van der Waals surface area contributed by atoms with Gasteiger partial charge < -0.3 is 4.90 Å². The van der Waals surface area contributed by atoms with E-state index in [0.29, 0.717) is 48.5 Å². The predicted octanol–water partition coefficient (Wildman–Crippen LogP) is 3.56. The van der Waals surface area contributed by atoms with Crippen molar-refractivity contribution in [2.24, 2.45) is 0 Å². The van der Waals surface area contributed by atoms with Gasteiger partial charge in [0, 0.05) is 38.8 Å². The van der Waals surface area contributed by atoms with Gasteiger partial charge in [-0.1, -0.05) is 35.3 Å². The summed E-state index contributed by atoms with van der Waals surface area (Å²) in [6, 6.07) is 6.84. The van der Waals surface area contributed by atoms with Crippen LogP contribution >= 0.6 is 23.2 Å². The molecule has 1 aromatic heterocycles. The zero-order valence-electron chi connectivity index (χ0n) is 14.7. The number of hydrogen-bond donors (Lipinski definition) is 0. The van der Waals surface area contributed by atoms with Crippen LogP contribution in [0, 0.1) is 17.0 Å². The Bertz CT molecular complexity index is 883. The maximum absolute atomic E-state index is 12.8. The standard InChI is InChI=1S/C18H18Cl2N4O3/c1-12-15(9-14(10-21-12)24(26)27)18(25)23-7-5-22(6-8-23)11-13-3-2-4-16(19)17(13)20/h2-4,9-10H,5-8,11H2,1H3. The molecule has 3 rings (SSSR count). The van der Waals surface area contributed by atoms with Gasteiger partial charge in [-0.05, 0) is 18.6 Å². The van der Waals surface area contributed by atoms with Crippen LogP contribution in [0.5, 0.6) is 0 Å². The molecule has 0 radical (unpaired) electrons. The first kappa shape index (κ1) is 19.5. The first-order chi connectivity index (χ1) is 12.9. The highest BCUT2D eigenvalue weighted by molar-refractivity contribution is 6.42. The van der Waals surface area contributed by atoms with Crippen LogP contribution in [0.2, 0.25) is 10.0 Å². The molecule has 27 heavy (non-hydrogen) atoms. The summed E-state index contributed by atoms with van der Waals surface area (Å²) < 4.78 is 0. The molecule has 0 atom stereocenters. The van der Waals surface area contributed by atoms with Gasteiger partial charge in [-0.3, -0.25) is 24.8 Å². The number of aryl methyl sites for hydroxylation is 1. The Morgan fingerprint density at radius 2 is 1.96 bits per heavy atom. The lowest BCUT2D eigenvalue weighted by molar-refractivity contribution is -0.385. The van der Waals surface area contributed by atoms with Crippen molar-refractivity contribution >= 4 is 34.8 Å². The Morgan fingerprint density at radius 1 is 1.26 bits per heavy atom. The number of pyridine rings is 1. The van der Waals surface area contributed by atoms with Gasteiger partial charge >= 0.3 is 0 Å². The topological polar surface area (TPSA) is 79.6 Å². The van der Waals surface area contributed by atoms with Crippen molar-refractivity contribution in [3.05, 3.63) is 67.4 Å². The van der Waals surface area contributed by atoms with Crippen molar-refractivity contribution in [3.8, 4) is 0 Å². The number of halogens is 2. The van der Waals surface area contributed by atoms with E-state index >= 15 is 0 Å². The van der Waals surface area contributed by atoms with Crippen LogP contribution in [0.4, 0.5) is 5.69 Å². The molecule has 1 aromatic carbocycles. The molecule has 9 heteroatoms. The highest BCUT2D eigenvalue weighted by Gasteiger charge is 2.25. The number of aromatic nitrogens is 1. The smallest absolute Gasteiger partial charge is 0.288 e. The normalized spacial score (nSPS) is 15.0. The second-order valence-corrected chi connectivity index (χ2v) is 7.15. The fourth-order valence-electron chi connectivity index (χ4n) is 3.03. The van der Waals surface area contributed by atoms with Crippen LogP contribution in [0.1, 0.15) is 21.6 Å². The molecule has 0 N–H and O–H groups in total. The first-order valence-electron chi connectivity index (χ1n) is 8.42. The number of benzene rings is 1. The van der Waals surface area contributed by atoms with Gasteiger partial charge in [0.15, 0.2) is 0 Å². The average Bonchev–Trinajstić information content (AvgIpc) is 2.66. The summed E-state index contributed by atoms with van der Waals surface area (Å²) in [5, 5.41) is 12.0. The van der Waals surface area contributed by atoms with E-state index in [0.717, 1.165) is 5.56 Å². The molecule has 0 saturated carbocycles. The molecule has 2 aromatic rings. The molecule has 1 aliphatic rings. The van der Waals surface area contributed by atoms with Crippen molar-refractivity contribution in [3.63, 3.8) is 0 Å². The second kappa shape index (κ2) is 8.21. The lowest BCUT2D eigenvalue weighted by Crippen LogP contribution is -2.48.